The average Bonchev–Trinajstić information content (AvgIpc) is 2.94. The molecule has 0 spiro atoms. The molecule has 0 bridgehead atoms. The Morgan fingerprint density at radius 2 is 2.10 bits per heavy atom. The van der Waals surface area contributed by atoms with E-state index < -0.39 is 11.9 Å². The lowest BCUT2D eigenvalue weighted by molar-refractivity contribution is -0.155. The zero-order chi connectivity index (χ0) is 15.5. The third kappa shape index (κ3) is 3.96. The number of aromatic nitrogens is 1. The Balaban J connectivity index is 1.90. The van der Waals surface area contributed by atoms with Crippen LogP contribution in [0.1, 0.15) is 24.3 Å². The van der Waals surface area contributed by atoms with Crippen LogP contribution in [-0.4, -0.2) is 29.1 Å². The minimum atomic E-state index is -4.52. The quantitative estimate of drug-likeness (QED) is 0.806. The van der Waals surface area contributed by atoms with E-state index in [1.54, 1.807) is 4.90 Å². The van der Waals surface area contributed by atoms with Gasteiger partial charge in [-0.15, -0.1) is 0 Å². The molecule has 1 fully saturated rings. The average molecular weight is 300 g/mol. The molecule has 2 heterocycles. The molecule has 1 saturated heterocycles. The smallest absolute Gasteiger partial charge is 0.351 e. The molecule has 0 aromatic carbocycles. The second kappa shape index (κ2) is 6.15. The highest BCUT2D eigenvalue weighted by Gasteiger charge is 2.35. The third-order valence-corrected chi connectivity index (χ3v) is 3.37. The largest absolute Gasteiger partial charge is 0.452 e. The van der Waals surface area contributed by atoms with E-state index in [-0.39, 0.29) is 17.5 Å². The van der Waals surface area contributed by atoms with E-state index in [2.05, 4.69) is 16.3 Å². The summed E-state index contributed by atoms with van der Waals surface area (Å²) in [6.45, 7) is 4.67. The number of hydrogen-bond donors (Lipinski definition) is 0. The predicted octanol–water partition coefficient (Wildman–Crippen LogP) is 3.13. The van der Waals surface area contributed by atoms with Gasteiger partial charge in [0.15, 0.2) is 0 Å². The van der Waals surface area contributed by atoms with E-state index in [9.17, 15) is 18.0 Å². The Bertz CT molecular complexity index is 541. The van der Waals surface area contributed by atoms with E-state index in [4.69, 9.17) is 0 Å². The van der Waals surface area contributed by atoms with Gasteiger partial charge in [-0.25, -0.2) is 0 Å². The molecule has 0 saturated carbocycles. The standard InChI is InChI=1S/C14H15F3N2O2/c1-2-13(20)19-7-5-10(6-8-19)3-4-11-9-12(21-18-11)14(15,16)17/h2-4,9-10H,1,5-8H2/b4-3+. The van der Waals surface area contributed by atoms with Crippen LogP contribution in [0.25, 0.3) is 6.08 Å². The summed E-state index contributed by atoms with van der Waals surface area (Å²) in [4.78, 5) is 13.1. The normalized spacial score (nSPS) is 17.4. The topological polar surface area (TPSA) is 46.3 Å². The Morgan fingerprint density at radius 3 is 2.62 bits per heavy atom. The van der Waals surface area contributed by atoms with Gasteiger partial charge in [0.25, 0.3) is 0 Å². The number of nitrogens with zero attached hydrogens (tertiary/aromatic N) is 2. The number of piperidine rings is 1. The van der Waals surface area contributed by atoms with E-state index >= 15 is 0 Å². The van der Waals surface area contributed by atoms with Crippen molar-refractivity contribution in [2.75, 3.05) is 13.1 Å². The van der Waals surface area contributed by atoms with E-state index in [0.29, 0.717) is 13.1 Å². The highest BCUT2D eigenvalue weighted by molar-refractivity contribution is 5.87. The zero-order valence-corrected chi connectivity index (χ0v) is 11.3. The molecule has 4 nitrogen and oxygen atoms in total. The minimum absolute atomic E-state index is 0.0938. The van der Waals surface area contributed by atoms with Crippen LogP contribution in [0.5, 0.6) is 0 Å². The van der Waals surface area contributed by atoms with Gasteiger partial charge in [-0.3, -0.25) is 4.79 Å². The summed E-state index contributed by atoms with van der Waals surface area (Å²) in [5.74, 6) is -0.984. The van der Waals surface area contributed by atoms with Gasteiger partial charge >= 0.3 is 6.18 Å². The van der Waals surface area contributed by atoms with Crippen molar-refractivity contribution in [3.63, 3.8) is 0 Å². The number of halogens is 3. The Kier molecular flexibility index (Phi) is 4.50. The van der Waals surface area contributed by atoms with Crippen LogP contribution in [0.2, 0.25) is 0 Å². The fourth-order valence-electron chi connectivity index (χ4n) is 2.18. The summed E-state index contributed by atoms with van der Waals surface area (Å²) in [6.07, 6.45) is 1.63. The molecule has 0 N–H and O–H groups in total. The first-order chi connectivity index (χ1) is 9.90. The molecule has 0 atom stereocenters. The zero-order valence-electron chi connectivity index (χ0n) is 11.3. The molecule has 1 aliphatic rings. The monoisotopic (exact) mass is 300 g/mol. The maximum Gasteiger partial charge on any atom is 0.452 e. The number of likely N-dealkylation sites (tertiary alicyclic amines) is 1. The molecule has 0 unspecified atom stereocenters. The van der Waals surface area contributed by atoms with Gasteiger partial charge < -0.3 is 9.42 Å². The van der Waals surface area contributed by atoms with Crippen molar-refractivity contribution in [1.29, 1.82) is 0 Å². The summed E-state index contributed by atoms with van der Waals surface area (Å²) in [5, 5.41) is 3.36. The molecule has 114 valence electrons. The number of carbonyl (C=O) groups excluding carboxylic acids is 1. The summed E-state index contributed by atoms with van der Waals surface area (Å²) >= 11 is 0. The van der Waals surface area contributed by atoms with Crippen molar-refractivity contribution in [1.82, 2.24) is 10.1 Å². The summed E-state index contributed by atoms with van der Waals surface area (Å²) in [7, 11) is 0. The number of allylic oxidation sites excluding steroid dienone is 1. The van der Waals surface area contributed by atoms with Gasteiger partial charge in [-0.1, -0.05) is 17.8 Å². The molecule has 2 rings (SSSR count). The number of rotatable bonds is 3. The molecule has 1 aromatic rings. The summed E-state index contributed by atoms with van der Waals surface area (Å²) in [6, 6.07) is 0.868. The molecule has 0 radical (unpaired) electrons. The second-order valence-corrected chi connectivity index (χ2v) is 4.84. The first-order valence-corrected chi connectivity index (χ1v) is 6.53. The Morgan fingerprint density at radius 1 is 1.43 bits per heavy atom. The highest BCUT2D eigenvalue weighted by atomic mass is 19.4. The van der Waals surface area contributed by atoms with Crippen LogP contribution in [-0.2, 0) is 11.0 Å². The fourth-order valence-corrected chi connectivity index (χ4v) is 2.18. The second-order valence-electron chi connectivity index (χ2n) is 4.84. The summed E-state index contributed by atoms with van der Waals surface area (Å²) in [5.41, 5.74) is 0.145. The molecular weight excluding hydrogens is 285 g/mol. The van der Waals surface area contributed by atoms with Crippen LogP contribution in [0.15, 0.2) is 29.3 Å². The first-order valence-electron chi connectivity index (χ1n) is 6.53. The van der Waals surface area contributed by atoms with Crippen molar-refractivity contribution >= 4 is 12.0 Å². The van der Waals surface area contributed by atoms with Crippen LogP contribution in [0.4, 0.5) is 13.2 Å². The maximum absolute atomic E-state index is 12.3. The lowest BCUT2D eigenvalue weighted by Crippen LogP contribution is -2.36. The first kappa shape index (κ1) is 15.3. The molecule has 0 aliphatic carbocycles. The number of amides is 1. The number of carbonyl (C=O) groups is 1. The van der Waals surface area contributed by atoms with Gasteiger partial charge in [0.1, 0.15) is 5.69 Å². The van der Waals surface area contributed by atoms with Crippen LogP contribution >= 0.6 is 0 Å². The van der Waals surface area contributed by atoms with Crippen molar-refractivity contribution in [2.24, 2.45) is 5.92 Å². The molecule has 1 aromatic heterocycles. The number of hydrogen-bond acceptors (Lipinski definition) is 3. The van der Waals surface area contributed by atoms with Gasteiger partial charge in [-0.2, -0.15) is 13.2 Å². The van der Waals surface area contributed by atoms with E-state index in [0.717, 1.165) is 18.9 Å². The van der Waals surface area contributed by atoms with Crippen molar-refractivity contribution in [2.45, 2.75) is 19.0 Å². The third-order valence-electron chi connectivity index (χ3n) is 3.37. The van der Waals surface area contributed by atoms with Gasteiger partial charge in [0.2, 0.25) is 11.7 Å². The Hall–Kier alpha value is -2.05. The lowest BCUT2D eigenvalue weighted by Gasteiger charge is -2.29. The van der Waals surface area contributed by atoms with Crippen LogP contribution < -0.4 is 0 Å². The molecular formula is C14H15F3N2O2. The maximum atomic E-state index is 12.3. The van der Waals surface area contributed by atoms with E-state index in [1.807, 2.05) is 6.08 Å². The van der Waals surface area contributed by atoms with Gasteiger partial charge in [0.05, 0.1) is 0 Å². The minimum Gasteiger partial charge on any atom is -0.351 e. The van der Waals surface area contributed by atoms with Crippen LogP contribution in [0, 0.1) is 5.92 Å². The Labute approximate surface area is 119 Å². The van der Waals surface area contributed by atoms with Crippen molar-refractivity contribution in [3.8, 4) is 0 Å². The predicted molar refractivity (Wildman–Crippen MR) is 70.0 cm³/mol. The van der Waals surface area contributed by atoms with E-state index in [1.165, 1.54) is 12.2 Å². The van der Waals surface area contributed by atoms with Gasteiger partial charge in [-0.05, 0) is 30.9 Å². The van der Waals surface area contributed by atoms with Crippen LogP contribution in [0.3, 0.4) is 0 Å². The highest BCUT2D eigenvalue weighted by Crippen LogP contribution is 2.30. The van der Waals surface area contributed by atoms with Crippen molar-refractivity contribution in [3.05, 3.63) is 36.3 Å². The number of alkyl halides is 3. The molecule has 1 aliphatic heterocycles. The summed E-state index contributed by atoms with van der Waals surface area (Å²) < 4.78 is 41.3. The molecule has 1 amide bonds. The lowest BCUT2D eigenvalue weighted by atomic mass is 9.96. The molecule has 7 heteroatoms. The SMILES string of the molecule is C=CC(=O)N1CCC(/C=C/c2cc(C(F)(F)F)on2)CC1. The molecule has 21 heavy (non-hydrogen) atoms. The van der Waals surface area contributed by atoms with Crippen molar-refractivity contribution < 1.29 is 22.5 Å². The van der Waals surface area contributed by atoms with Gasteiger partial charge in [0, 0.05) is 19.2 Å². The fraction of sp³-hybridized carbons (Fsp3) is 0.429.